The summed E-state index contributed by atoms with van der Waals surface area (Å²) < 4.78 is 11.0. The monoisotopic (exact) mass is 280 g/mol. The molecule has 0 saturated heterocycles. The van der Waals surface area contributed by atoms with Crippen LogP contribution in [0, 0.1) is 0 Å². The Balaban J connectivity index is 1.69. The van der Waals surface area contributed by atoms with Gasteiger partial charge >= 0.3 is 0 Å². The predicted octanol–water partition coefficient (Wildman–Crippen LogP) is 2.79. The molecule has 1 aliphatic heterocycles. The molecule has 1 aliphatic rings. The SMILES string of the molecule is Nc1ncc(CSc2ccc3c(c2)OCCO3)s1. The zero-order valence-corrected chi connectivity index (χ0v) is 11.2. The van der Waals surface area contributed by atoms with E-state index in [4.69, 9.17) is 15.2 Å². The van der Waals surface area contributed by atoms with Crippen LogP contribution in [0.1, 0.15) is 4.88 Å². The highest BCUT2D eigenvalue weighted by Gasteiger charge is 2.12. The number of thiazole rings is 1. The van der Waals surface area contributed by atoms with Crippen LogP contribution in [0.2, 0.25) is 0 Å². The molecule has 6 heteroatoms. The molecule has 2 aromatic rings. The molecular weight excluding hydrogens is 268 g/mol. The largest absolute Gasteiger partial charge is 0.486 e. The van der Waals surface area contributed by atoms with Gasteiger partial charge in [-0.1, -0.05) is 0 Å². The summed E-state index contributed by atoms with van der Waals surface area (Å²) in [6.07, 6.45) is 1.82. The van der Waals surface area contributed by atoms with Crippen LogP contribution in [0.3, 0.4) is 0 Å². The zero-order chi connectivity index (χ0) is 12.4. The molecule has 0 radical (unpaired) electrons. The third kappa shape index (κ3) is 2.54. The average molecular weight is 280 g/mol. The molecule has 2 N–H and O–H groups in total. The number of ether oxygens (including phenoxy) is 2. The molecule has 0 fully saturated rings. The van der Waals surface area contributed by atoms with Gasteiger partial charge in [-0.15, -0.1) is 23.1 Å². The molecule has 0 aliphatic carbocycles. The summed E-state index contributed by atoms with van der Waals surface area (Å²) >= 11 is 3.26. The smallest absolute Gasteiger partial charge is 0.180 e. The Bertz CT molecular complexity index is 557. The van der Waals surface area contributed by atoms with E-state index >= 15 is 0 Å². The summed E-state index contributed by atoms with van der Waals surface area (Å²) in [5.74, 6) is 2.52. The van der Waals surface area contributed by atoms with E-state index in [-0.39, 0.29) is 0 Å². The first kappa shape index (κ1) is 11.7. The van der Waals surface area contributed by atoms with E-state index in [1.807, 2.05) is 24.4 Å². The van der Waals surface area contributed by atoms with E-state index in [9.17, 15) is 0 Å². The van der Waals surface area contributed by atoms with Crippen molar-refractivity contribution in [3.63, 3.8) is 0 Å². The molecule has 1 aromatic heterocycles. The number of hydrogen-bond acceptors (Lipinski definition) is 6. The Kier molecular flexibility index (Phi) is 3.29. The lowest BCUT2D eigenvalue weighted by molar-refractivity contribution is 0.171. The molecular formula is C12H12N2O2S2. The molecule has 0 bridgehead atoms. The number of nitrogens with two attached hydrogens (primary N) is 1. The summed E-state index contributed by atoms with van der Waals surface area (Å²) in [4.78, 5) is 6.37. The van der Waals surface area contributed by atoms with Crippen molar-refractivity contribution in [1.29, 1.82) is 0 Å². The van der Waals surface area contributed by atoms with Crippen LogP contribution >= 0.6 is 23.1 Å². The number of hydrogen-bond donors (Lipinski definition) is 1. The fourth-order valence-electron chi connectivity index (χ4n) is 1.66. The fraction of sp³-hybridized carbons (Fsp3) is 0.250. The maximum atomic E-state index is 5.60. The number of nitrogens with zero attached hydrogens (tertiary/aromatic N) is 1. The van der Waals surface area contributed by atoms with Crippen LogP contribution in [0.4, 0.5) is 5.13 Å². The van der Waals surface area contributed by atoms with E-state index in [1.54, 1.807) is 11.8 Å². The topological polar surface area (TPSA) is 57.4 Å². The Morgan fingerprint density at radius 1 is 1.28 bits per heavy atom. The molecule has 1 aromatic carbocycles. The summed E-state index contributed by atoms with van der Waals surface area (Å²) in [7, 11) is 0. The Morgan fingerprint density at radius 3 is 2.89 bits per heavy atom. The van der Waals surface area contributed by atoms with Crippen molar-refractivity contribution in [2.75, 3.05) is 18.9 Å². The quantitative estimate of drug-likeness (QED) is 0.876. The van der Waals surface area contributed by atoms with Gasteiger partial charge in [0.1, 0.15) is 13.2 Å². The van der Waals surface area contributed by atoms with Crippen LogP contribution in [0.15, 0.2) is 29.3 Å². The van der Waals surface area contributed by atoms with Gasteiger partial charge in [-0.3, -0.25) is 0 Å². The first-order chi connectivity index (χ1) is 8.81. The lowest BCUT2D eigenvalue weighted by Crippen LogP contribution is -2.15. The fourth-order valence-corrected chi connectivity index (χ4v) is 3.29. The van der Waals surface area contributed by atoms with Gasteiger partial charge in [-0.05, 0) is 18.2 Å². The number of fused-ring (bicyclic) bond motifs is 1. The Hall–Kier alpha value is -1.40. The van der Waals surface area contributed by atoms with Gasteiger partial charge in [0, 0.05) is 21.7 Å². The molecule has 4 nitrogen and oxygen atoms in total. The minimum Gasteiger partial charge on any atom is -0.486 e. The molecule has 0 unspecified atom stereocenters. The van der Waals surface area contributed by atoms with E-state index in [0.717, 1.165) is 22.1 Å². The van der Waals surface area contributed by atoms with Gasteiger partial charge in [0.25, 0.3) is 0 Å². The summed E-state index contributed by atoms with van der Waals surface area (Å²) in [6.45, 7) is 1.24. The third-order valence-corrected chi connectivity index (χ3v) is 4.52. The summed E-state index contributed by atoms with van der Waals surface area (Å²) in [6, 6.07) is 6.02. The average Bonchev–Trinajstić information content (AvgIpc) is 2.82. The summed E-state index contributed by atoms with van der Waals surface area (Å²) in [5, 5.41) is 0.618. The first-order valence-corrected chi connectivity index (χ1v) is 7.34. The van der Waals surface area contributed by atoms with Crippen molar-refractivity contribution in [1.82, 2.24) is 4.98 Å². The van der Waals surface area contributed by atoms with E-state index < -0.39 is 0 Å². The molecule has 0 saturated carbocycles. The van der Waals surface area contributed by atoms with Crippen molar-refractivity contribution in [2.24, 2.45) is 0 Å². The normalized spacial score (nSPS) is 13.6. The van der Waals surface area contributed by atoms with Crippen LogP contribution in [0.5, 0.6) is 11.5 Å². The van der Waals surface area contributed by atoms with E-state index in [0.29, 0.717) is 18.3 Å². The molecule has 94 valence electrons. The second kappa shape index (κ2) is 5.07. The molecule has 3 rings (SSSR count). The maximum Gasteiger partial charge on any atom is 0.180 e. The second-order valence-corrected chi connectivity index (χ2v) is 5.95. The van der Waals surface area contributed by atoms with E-state index in [2.05, 4.69) is 4.98 Å². The van der Waals surface area contributed by atoms with Gasteiger partial charge in [-0.2, -0.15) is 0 Å². The van der Waals surface area contributed by atoms with Crippen molar-refractivity contribution < 1.29 is 9.47 Å². The highest BCUT2D eigenvalue weighted by atomic mass is 32.2. The van der Waals surface area contributed by atoms with Gasteiger partial charge in [0.15, 0.2) is 16.6 Å². The van der Waals surface area contributed by atoms with Crippen molar-refractivity contribution in [2.45, 2.75) is 10.6 Å². The molecule has 18 heavy (non-hydrogen) atoms. The number of nitrogen functional groups attached to an aromatic ring is 1. The number of thioether (sulfide) groups is 1. The second-order valence-electron chi connectivity index (χ2n) is 3.76. The highest BCUT2D eigenvalue weighted by Crippen LogP contribution is 2.35. The van der Waals surface area contributed by atoms with Crippen molar-refractivity contribution >= 4 is 28.2 Å². The first-order valence-electron chi connectivity index (χ1n) is 5.54. The van der Waals surface area contributed by atoms with E-state index in [1.165, 1.54) is 16.2 Å². The van der Waals surface area contributed by atoms with Crippen molar-refractivity contribution in [3.8, 4) is 11.5 Å². The predicted molar refractivity (Wildman–Crippen MR) is 73.5 cm³/mol. The van der Waals surface area contributed by atoms with Crippen LogP contribution in [0.25, 0.3) is 0 Å². The highest BCUT2D eigenvalue weighted by molar-refractivity contribution is 7.98. The van der Waals surface area contributed by atoms with Crippen molar-refractivity contribution in [3.05, 3.63) is 29.3 Å². The minimum atomic E-state index is 0.618. The number of aromatic nitrogens is 1. The lowest BCUT2D eigenvalue weighted by Gasteiger charge is -2.18. The molecule has 2 heterocycles. The van der Waals surface area contributed by atoms with Crippen LogP contribution < -0.4 is 15.2 Å². The van der Waals surface area contributed by atoms with Gasteiger partial charge in [0.2, 0.25) is 0 Å². The van der Waals surface area contributed by atoms with Crippen LogP contribution in [-0.4, -0.2) is 18.2 Å². The number of anilines is 1. The zero-order valence-electron chi connectivity index (χ0n) is 9.59. The van der Waals surface area contributed by atoms with Gasteiger partial charge in [-0.25, -0.2) is 4.98 Å². The van der Waals surface area contributed by atoms with Crippen LogP contribution in [-0.2, 0) is 5.75 Å². The standard InChI is InChI=1S/C12H12N2O2S2/c13-12-14-6-9(18-12)7-17-8-1-2-10-11(5-8)16-4-3-15-10/h1-2,5-6H,3-4,7H2,(H2,13,14). The number of rotatable bonds is 3. The maximum absolute atomic E-state index is 5.60. The Morgan fingerprint density at radius 2 is 2.11 bits per heavy atom. The molecule has 0 atom stereocenters. The minimum absolute atomic E-state index is 0.618. The number of benzene rings is 1. The molecule has 0 amide bonds. The molecule has 0 spiro atoms. The van der Waals surface area contributed by atoms with Gasteiger partial charge < -0.3 is 15.2 Å². The third-order valence-electron chi connectivity index (χ3n) is 2.47. The Labute approximate surface area is 113 Å². The lowest BCUT2D eigenvalue weighted by atomic mass is 10.3. The summed E-state index contributed by atoms with van der Waals surface area (Å²) in [5.41, 5.74) is 5.60. The van der Waals surface area contributed by atoms with Gasteiger partial charge in [0.05, 0.1) is 0 Å².